The molecule has 2 rings (SSSR count). The molecule has 0 atom stereocenters. The van der Waals surface area contributed by atoms with E-state index in [1.54, 1.807) is 24.3 Å². The Morgan fingerprint density at radius 3 is 2.35 bits per heavy atom. The molecule has 1 heterocycles. The number of halogens is 2. The van der Waals surface area contributed by atoms with E-state index in [1.165, 1.54) is 12.4 Å². The first-order valence-corrected chi connectivity index (χ1v) is 5.45. The molecule has 0 fully saturated rings. The average Bonchev–Trinajstić information content (AvgIpc) is 2.33. The quantitative estimate of drug-likeness (QED) is 0.910. The Balaban J connectivity index is 2.11. The fourth-order valence-electron chi connectivity index (χ4n) is 1.16. The third-order valence-electron chi connectivity index (χ3n) is 1.96. The van der Waals surface area contributed by atoms with Crippen LogP contribution < -0.4 is 5.32 Å². The van der Waals surface area contributed by atoms with Crippen LogP contribution in [0.3, 0.4) is 0 Å². The molecule has 86 valence electrons. The van der Waals surface area contributed by atoms with E-state index in [0.29, 0.717) is 10.7 Å². The third kappa shape index (κ3) is 3.15. The maximum absolute atomic E-state index is 11.7. The Bertz CT molecular complexity index is 525. The summed E-state index contributed by atoms with van der Waals surface area (Å²) in [4.78, 5) is 19.4. The van der Waals surface area contributed by atoms with Gasteiger partial charge in [-0.1, -0.05) is 23.2 Å². The monoisotopic (exact) mass is 267 g/mol. The predicted molar refractivity (Wildman–Crippen MR) is 66.4 cm³/mol. The van der Waals surface area contributed by atoms with Crippen LogP contribution in [-0.4, -0.2) is 15.9 Å². The van der Waals surface area contributed by atoms with Gasteiger partial charge in [0.05, 0.1) is 12.4 Å². The van der Waals surface area contributed by atoms with Crippen molar-refractivity contribution in [2.24, 2.45) is 0 Å². The number of aromatic nitrogens is 2. The number of anilines is 1. The molecular formula is C11H7Cl2N3O. The topological polar surface area (TPSA) is 54.9 Å². The second-order valence-electron chi connectivity index (χ2n) is 3.19. The minimum Gasteiger partial charge on any atom is -0.321 e. The minimum absolute atomic E-state index is 0.198. The van der Waals surface area contributed by atoms with Crippen LogP contribution in [0.2, 0.25) is 10.2 Å². The number of hydrogen-bond acceptors (Lipinski definition) is 3. The molecule has 1 amide bonds. The zero-order chi connectivity index (χ0) is 12.3. The van der Waals surface area contributed by atoms with E-state index < -0.39 is 0 Å². The van der Waals surface area contributed by atoms with Gasteiger partial charge in [0.1, 0.15) is 10.8 Å². The molecule has 0 spiro atoms. The van der Waals surface area contributed by atoms with E-state index >= 15 is 0 Å². The summed E-state index contributed by atoms with van der Waals surface area (Å²) < 4.78 is 0. The number of benzene rings is 1. The van der Waals surface area contributed by atoms with Gasteiger partial charge in [-0.15, -0.1) is 0 Å². The highest BCUT2D eigenvalue weighted by Crippen LogP contribution is 2.14. The van der Waals surface area contributed by atoms with Gasteiger partial charge in [0, 0.05) is 10.7 Å². The van der Waals surface area contributed by atoms with E-state index in [1.807, 2.05) is 0 Å². The predicted octanol–water partition coefficient (Wildman–Crippen LogP) is 3.04. The molecule has 2 aromatic rings. The SMILES string of the molecule is O=C(Nc1ccc(Cl)cc1)c1cnc(Cl)cn1. The van der Waals surface area contributed by atoms with Crippen LogP contribution in [0.4, 0.5) is 5.69 Å². The lowest BCUT2D eigenvalue weighted by Crippen LogP contribution is -2.13. The van der Waals surface area contributed by atoms with E-state index in [4.69, 9.17) is 23.2 Å². The molecule has 0 aliphatic rings. The standard InChI is InChI=1S/C11H7Cl2N3O/c12-7-1-3-8(4-2-7)16-11(17)9-5-15-10(13)6-14-9/h1-6H,(H,16,17). The maximum Gasteiger partial charge on any atom is 0.275 e. The number of carbonyl (C=O) groups is 1. The molecule has 0 aliphatic heterocycles. The van der Waals surface area contributed by atoms with Gasteiger partial charge in [0.15, 0.2) is 0 Å². The van der Waals surface area contributed by atoms with Gasteiger partial charge in [-0.3, -0.25) is 4.79 Å². The number of hydrogen-bond donors (Lipinski definition) is 1. The second kappa shape index (κ2) is 5.12. The van der Waals surface area contributed by atoms with Crippen LogP contribution in [-0.2, 0) is 0 Å². The fraction of sp³-hybridized carbons (Fsp3) is 0. The summed E-state index contributed by atoms with van der Waals surface area (Å²) in [5.74, 6) is -0.350. The summed E-state index contributed by atoms with van der Waals surface area (Å²) in [6, 6.07) is 6.77. The Morgan fingerprint density at radius 2 is 1.76 bits per heavy atom. The number of carbonyl (C=O) groups excluding carboxylic acids is 1. The molecule has 1 aromatic heterocycles. The first-order valence-electron chi connectivity index (χ1n) is 4.69. The normalized spacial score (nSPS) is 10.0. The number of amides is 1. The molecule has 4 nitrogen and oxygen atoms in total. The second-order valence-corrected chi connectivity index (χ2v) is 4.01. The van der Waals surface area contributed by atoms with Crippen molar-refractivity contribution in [3.63, 3.8) is 0 Å². The average molecular weight is 268 g/mol. The van der Waals surface area contributed by atoms with Crippen molar-refractivity contribution in [2.75, 3.05) is 5.32 Å². The van der Waals surface area contributed by atoms with E-state index in [2.05, 4.69) is 15.3 Å². The van der Waals surface area contributed by atoms with Crippen molar-refractivity contribution in [3.8, 4) is 0 Å². The molecule has 0 unspecified atom stereocenters. The largest absolute Gasteiger partial charge is 0.321 e. The van der Waals surface area contributed by atoms with Gasteiger partial charge in [-0.05, 0) is 24.3 Å². The van der Waals surface area contributed by atoms with Crippen molar-refractivity contribution in [1.82, 2.24) is 9.97 Å². The number of nitrogens with one attached hydrogen (secondary N) is 1. The number of nitrogens with zero attached hydrogens (tertiary/aromatic N) is 2. The van der Waals surface area contributed by atoms with Crippen molar-refractivity contribution in [2.45, 2.75) is 0 Å². The van der Waals surface area contributed by atoms with Crippen molar-refractivity contribution in [3.05, 3.63) is 52.5 Å². The van der Waals surface area contributed by atoms with Gasteiger partial charge in [0.25, 0.3) is 5.91 Å². The molecule has 0 saturated carbocycles. The number of rotatable bonds is 2. The lowest BCUT2D eigenvalue weighted by atomic mass is 10.3. The molecular weight excluding hydrogens is 261 g/mol. The van der Waals surface area contributed by atoms with Crippen LogP contribution in [0.5, 0.6) is 0 Å². The minimum atomic E-state index is -0.350. The van der Waals surface area contributed by atoms with Crippen molar-refractivity contribution < 1.29 is 4.79 Å². The highest BCUT2D eigenvalue weighted by Gasteiger charge is 2.07. The smallest absolute Gasteiger partial charge is 0.275 e. The zero-order valence-electron chi connectivity index (χ0n) is 8.52. The van der Waals surface area contributed by atoms with Crippen LogP contribution in [0.25, 0.3) is 0 Å². The lowest BCUT2D eigenvalue weighted by molar-refractivity contribution is 0.102. The van der Waals surface area contributed by atoms with Gasteiger partial charge < -0.3 is 5.32 Å². The molecule has 17 heavy (non-hydrogen) atoms. The van der Waals surface area contributed by atoms with Crippen LogP contribution >= 0.6 is 23.2 Å². The van der Waals surface area contributed by atoms with Gasteiger partial charge >= 0.3 is 0 Å². The zero-order valence-corrected chi connectivity index (χ0v) is 10.0. The van der Waals surface area contributed by atoms with E-state index in [0.717, 1.165) is 0 Å². The van der Waals surface area contributed by atoms with Crippen molar-refractivity contribution >= 4 is 34.8 Å². The van der Waals surface area contributed by atoms with E-state index in [9.17, 15) is 4.79 Å². The highest BCUT2D eigenvalue weighted by molar-refractivity contribution is 6.30. The maximum atomic E-state index is 11.7. The molecule has 0 radical (unpaired) electrons. The van der Waals surface area contributed by atoms with Gasteiger partial charge in [0.2, 0.25) is 0 Å². The van der Waals surface area contributed by atoms with Gasteiger partial charge in [-0.2, -0.15) is 0 Å². The Hall–Kier alpha value is -1.65. The molecule has 0 aliphatic carbocycles. The Kier molecular flexibility index (Phi) is 3.56. The molecule has 1 aromatic carbocycles. The molecule has 1 N–H and O–H groups in total. The molecule has 0 saturated heterocycles. The summed E-state index contributed by atoms with van der Waals surface area (Å²) in [5, 5.41) is 3.51. The summed E-state index contributed by atoms with van der Waals surface area (Å²) in [6.07, 6.45) is 2.63. The van der Waals surface area contributed by atoms with Crippen LogP contribution in [0.1, 0.15) is 10.5 Å². The molecule has 6 heteroatoms. The van der Waals surface area contributed by atoms with Crippen molar-refractivity contribution in [1.29, 1.82) is 0 Å². The summed E-state index contributed by atoms with van der Waals surface area (Å²) >= 11 is 11.3. The summed E-state index contributed by atoms with van der Waals surface area (Å²) in [7, 11) is 0. The summed E-state index contributed by atoms with van der Waals surface area (Å²) in [6.45, 7) is 0. The Morgan fingerprint density at radius 1 is 1.06 bits per heavy atom. The Labute approximate surface area is 108 Å². The van der Waals surface area contributed by atoms with E-state index in [-0.39, 0.29) is 16.8 Å². The van der Waals surface area contributed by atoms with Crippen LogP contribution in [0.15, 0.2) is 36.7 Å². The fourth-order valence-corrected chi connectivity index (χ4v) is 1.38. The summed E-state index contributed by atoms with van der Waals surface area (Å²) in [5.41, 5.74) is 0.834. The molecule has 0 bridgehead atoms. The third-order valence-corrected chi connectivity index (χ3v) is 2.40. The first kappa shape index (κ1) is 11.8. The lowest BCUT2D eigenvalue weighted by Gasteiger charge is -2.04. The highest BCUT2D eigenvalue weighted by atomic mass is 35.5. The van der Waals surface area contributed by atoms with Crippen LogP contribution in [0, 0.1) is 0 Å². The van der Waals surface area contributed by atoms with Gasteiger partial charge in [-0.25, -0.2) is 9.97 Å². The first-order chi connectivity index (χ1) is 8.15.